The highest BCUT2D eigenvalue weighted by atomic mass is 16.2. The van der Waals surface area contributed by atoms with Crippen molar-refractivity contribution in [2.75, 3.05) is 13.1 Å². The van der Waals surface area contributed by atoms with E-state index in [0.717, 1.165) is 18.5 Å². The summed E-state index contributed by atoms with van der Waals surface area (Å²) in [6.07, 6.45) is 8.54. The van der Waals surface area contributed by atoms with E-state index in [9.17, 15) is 4.79 Å². The first-order valence-electron chi connectivity index (χ1n) is 10.9. The average Bonchev–Trinajstić information content (AvgIpc) is 3.54. The first kappa shape index (κ1) is 19.5. The lowest BCUT2D eigenvalue weighted by molar-refractivity contribution is 0.0744. The predicted octanol–water partition coefficient (Wildman–Crippen LogP) is 5.03. The molecule has 0 saturated heterocycles. The van der Waals surface area contributed by atoms with Gasteiger partial charge >= 0.3 is 0 Å². The molecule has 156 valence electrons. The zero-order chi connectivity index (χ0) is 21.2. The zero-order valence-electron chi connectivity index (χ0n) is 17.7. The number of fused-ring (bicyclic) bond motifs is 1. The monoisotopic (exact) mass is 410 g/mol. The Balaban J connectivity index is 1.42. The highest BCUT2D eigenvalue weighted by Gasteiger charge is 2.29. The summed E-state index contributed by atoms with van der Waals surface area (Å²) in [5.74, 6) is 0.570. The number of aromatic nitrogens is 3. The fourth-order valence-electron chi connectivity index (χ4n) is 4.17. The fraction of sp³-hybridized carbons (Fsp3) is 0.269. The summed E-state index contributed by atoms with van der Waals surface area (Å²) in [4.78, 5) is 27.9. The van der Waals surface area contributed by atoms with E-state index in [-0.39, 0.29) is 5.91 Å². The van der Waals surface area contributed by atoms with Gasteiger partial charge in [-0.2, -0.15) is 0 Å². The van der Waals surface area contributed by atoms with Crippen molar-refractivity contribution in [2.24, 2.45) is 5.92 Å². The summed E-state index contributed by atoms with van der Waals surface area (Å²) in [5, 5.41) is 1.24. The van der Waals surface area contributed by atoms with Gasteiger partial charge in [0.25, 0.3) is 5.91 Å². The third-order valence-electron chi connectivity index (χ3n) is 6.07. The first-order chi connectivity index (χ1) is 15.2. The Labute approximate surface area is 182 Å². The SMILES string of the molecule is Cc1cccc2c(CCN(CC3CC3)C(=O)c3nccnc3-c3ccccc3)c[nH]c12. The van der Waals surface area contributed by atoms with Gasteiger partial charge in [-0.3, -0.25) is 9.78 Å². The number of carbonyl (C=O) groups is 1. The topological polar surface area (TPSA) is 61.9 Å². The minimum atomic E-state index is -0.0325. The van der Waals surface area contributed by atoms with Gasteiger partial charge < -0.3 is 9.88 Å². The number of nitrogens with one attached hydrogen (secondary N) is 1. The van der Waals surface area contributed by atoms with Crippen molar-refractivity contribution in [3.8, 4) is 11.3 Å². The van der Waals surface area contributed by atoms with Crippen LogP contribution >= 0.6 is 0 Å². The molecule has 0 aliphatic heterocycles. The Morgan fingerprint density at radius 3 is 2.68 bits per heavy atom. The standard InChI is InChI=1S/C26H26N4O/c1-18-6-5-9-22-21(16-29-23(18)22)12-15-30(17-19-10-11-19)26(31)25-24(27-13-14-28-25)20-7-3-2-4-8-20/h2-9,13-14,16,19,29H,10-12,15,17H2,1H3. The molecular formula is C26H26N4O. The molecule has 5 nitrogen and oxygen atoms in total. The van der Waals surface area contributed by atoms with Gasteiger partial charge in [-0.1, -0.05) is 48.5 Å². The highest BCUT2D eigenvalue weighted by molar-refractivity contribution is 5.98. The number of rotatable bonds is 7. The Morgan fingerprint density at radius 1 is 1.06 bits per heavy atom. The van der Waals surface area contributed by atoms with E-state index < -0.39 is 0 Å². The summed E-state index contributed by atoms with van der Waals surface area (Å²) in [6.45, 7) is 3.57. The number of benzene rings is 2. The molecule has 1 aliphatic carbocycles. The molecule has 1 amide bonds. The minimum Gasteiger partial charge on any atom is -0.361 e. The summed E-state index contributed by atoms with van der Waals surface area (Å²) >= 11 is 0. The van der Waals surface area contributed by atoms with E-state index in [1.54, 1.807) is 12.4 Å². The summed E-state index contributed by atoms with van der Waals surface area (Å²) in [6, 6.07) is 16.2. The summed E-state index contributed by atoms with van der Waals surface area (Å²) in [5.41, 5.74) is 5.66. The lowest BCUT2D eigenvalue weighted by Gasteiger charge is -2.23. The van der Waals surface area contributed by atoms with Crippen LogP contribution < -0.4 is 0 Å². The molecule has 5 heteroatoms. The zero-order valence-corrected chi connectivity index (χ0v) is 17.7. The van der Waals surface area contributed by atoms with Crippen LogP contribution in [0.3, 0.4) is 0 Å². The summed E-state index contributed by atoms with van der Waals surface area (Å²) in [7, 11) is 0. The predicted molar refractivity (Wildman–Crippen MR) is 123 cm³/mol. The van der Waals surface area contributed by atoms with Gasteiger partial charge in [0, 0.05) is 48.1 Å². The number of aryl methyl sites for hydroxylation is 1. The second kappa shape index (κ2) is 8.34. The number of amides is 1. The number of H-pyrrole nitrogens is 1. The average molecular weight is 411 g/mol. The molecule has 1 aliphatic rings. The van der Waals surface area contributed by atoms with E-state index >= 15 is 0 Å². The number of aromatic amines is 1. The summed E-state index contributed by atoms with van der Waals surface area (Å²) < 4.78 is 0. The molecule has 5 rings (SSSR count). The lowest BCUT2D eigenvalue weighted by atomic mass is 10.1. The maximum absolute atomic E-state index is 13.6. The number of carbonyl (C=O) groups excluding carboxylic acids is 1. The van der Waals surface area contributed by atoms with Crippen molar-refractivity contribution in [3.63, 3.8) is 0 Å². The molecule has 31 heavy (non-hydrogen) atoms. The largest absolute Gasteiger partial charge is 0.361 e. The van der Waals surface area contributed by atoms with Crippen LogP contribution in [0.2, 0.25) is 0 Å². The second-order valence-electron chi connectivity index (χ2n) is 8.38. The maximum Gasteiger partial charge on any atom is 0.274 e. The van der Waals surface area contributed by atoms with Crippen LogP contribution in [0.15, 0.2) is 67.1 Å². The Kier molecular flexibility index (Phi) is 5.24. The van der Waals surface area contributed by atoms with E-state index in [1.807, 2.05) is 35.2 Å². The molecule has 2 aromatic heterocycles. The van der Waals surface area contributed by atoms with Crippen LogP contribution in [0.4, 0.5) is 0 Å². The van der Waals surface area contributed by atoms with Gasteiger partial charge in [-0.15, -0.1) is 0 Å². The second-order valence-corrected chi connectivity index (χ2v) is 8.38. The number of hydrogen-bond donors (Lipinski definition) is 1. The number of hydrogen-bond acceptors (Lipinski definition) is 3. The molecule has 0 radical (unpaired) electrons. The molecule has 1 N–H and O–H groups in total. The fourth-order valence-corrected chi connectivity index (χ4v) is 4.17. The molecule has 2 heterocycles. The minimum absolute atomic E-state index is 0.0325. The van der Waals surface area contributed by atoms with Crippen LogP contribution in [-0.4, -0.2) is 38.8 Å². The van der Waals surface area contributed by atoms with Crippen LogP contribution in [0.25, 0.3) is 22.2 Å². The van der Waals surface area contributed by atoms with Crippen molar-refractivity contribution < 1.29 is 4.79 Å². The normalized spacial score (nSPS) is 13.5. The van der Waals surface area contributed by atoms with Gasteiger partial charge in [0.05, 0.1) is 0 Å². The van der Waals surface area contributed by atoms with Gasteiger partial charge in [0.1, 0.15) is 5.69 Å². The molecule has 0 bridgehead atoms. The van der Waals surface area contributed by atoms with Gasteiger partial charge in [0.2, 0.25) is 0 Å². The lowest BCUT2D eigenvalue weighted by Crippen LogP contribution is -2.35. The molecule has 0 spiro atoms. The first-order valence-corrected chi connectivity index (χ1v) is 10.9. The number of nitrogens with zero attached hydrogens (tertiary/aromatic N) is 3. The smallest absolute Gasteiger partial charge is 0.274 e. The molecule has 0 atom stereocenters. The number of para-hydroxylation sites is 1. The van der Waals surface area contributed by atoms with Crippen molar-refractivity contribution in [1.29, 1.82) is 0 Å². The van der Waals surface area contributed by atoms with E-state index in [0.29, 0.717) is 23.9 Å². The van der Waals surface area contributed by atoms with E-state index in [2.05, 4.69) is 46.3 Å². The van der Waals surface area contributed by atoms with Crippen LogP contribution in [0.5, 0.6) is 0 Å². The van der Waals surface area contributed by atoms with Crippen molar-refractivity contribution in [3.05, 3.63) is 83.9 Å². The Bertz CT molecular complexity index is 1210. The van der Waals surface area contributed by atoms with Crippen molar-refractivity contribution in [2.45, 2.75) is 26.2 Å². The highest BCUT2D eigenvalue weighted by Crippen LogP contribution is 2.31. The molecule has 1 fully saturated rings. The van der Waals surface area contributed by atoms with Gasteiger partial charge in [-0.05, 0) is 43.2 Å². The van der Waals surface area contributed by atoms with Crippen molar-refractivity contribution >= 4 is 16.8 Å². The van der Waals surface area contributed by atoms with E-state index in [1.165, 1.54) is 34.9 Å². The Hall–Kier alpha value is -3.47. The third kappa shape index (κ3) is 4.08. The molecule has 2 aromatic carbocycles. The molecule has 0 unspecified atom stereocenters. The van der Waals surface area contributed by atoms with Crippen LogP contribution in [0.1, 0.15) is 34.5 Å². The van der Waals surface area contributed by atoms with Crippen molar-refractivity contribution in [1.82, 2.24) is 19.9 Å². The molecule has 4 aromatic rings. The van der Waals surface area contributed by atoms with Gasteiger partial charge in [-0.25, -0.2) is 4.98 Å². The molecule has 1 saturated carbocycles. The van der Waals surface area contributed by atoms with Gasteiger partial charge in [0.15, 0.2) is 5.69 Å². The molecular weight excluding hydrogens is 384 g/mol. The third-order valence-corrected chi connectivity index (χ3v) is 6.07. The van der Waals surface area contributed by atoms with Crippen LogP contribution in [-0.2, 0) is 6.42 Å². The quantitative estimate of drug-likeness (QED) is 0.465. The van der Waals surface area contributed by atoms with Crippen LogP contribution in [0, 0.1) is 12.8 Å². The Morgan fingerprint density at radius 2 is 1.87 bits per heavy atom. The van der Waals surface area contributed by atoms with E-state index in [4.69, 9.17) is 0 Å². The maximum atomic E-state index is 13.6.